The smallest absolute Gasteiger partial charge is 0.125 e. The Morgan fingerprint density at radius 3 is 2.76 bits per heavy atom. The predicted molar refractivity (Wildman–Crippen MR) is 62.6 cm³/mol. The van der Waals surface area contributed by atoms with Crippen LogP contribution in [0.15, 0.2) is 29.4 Å². The van der Waals surface area contributed by atoms with Crippen molar-refractivity contribution in [2.75, 3.05) is 13.2 Å². The van der Waals surface area contributed by atoms with E-state index in [0.29, 0.717) is 17.9 Å². The normalized spacial score (nSPS) is 13.6. The van der Waals surface area contributed by atoms with Crippen LogP contribution in [0.2, 0.25) is 0 Å². The van der Waals surface area contributed by atoms with Gasteiger partial charge in [0, 0.05) is 10.5 Å². The number of ether oxygens (including phenoxy) is 1. The lowest BCUT2D eigenvalue weighted by Gasteiger charge is -2.19. The minimum absolute atomic E-state index is 0.182. The van der Waals surface area contributed by atoms with Crippen LogP contribution < -0.4 is 4.74 Å². The zero-order valence-corrected chi connectivity index (χ0v) is 9.52. The number of nitrogens with zero attached hydrogens (tertiary/aromatic N) is 3. The summed E-state index contributed by atoms with van der Waals surface area (Å²) < 4.78 is 5.34. The molecule has 2 unspecified atom stereocenters. The molecule has 17 heavy (non-hydrogen) atoms. The summed E-state index contributed by atoms with van der Waals surface area (Å²) in [4.78, 5) is 2.53. The van der Waals surface area contributed by atoms with E-state index in [1.807, 2.05) is 6.92 Å². The number of rotatable bonds is 6. The molecule has 0 heterocycles. The van der Waals surface area contributed by atoms with Crippen molar-refractivity contribution in [3.63, 3.8) is 0 Å². The summed E-state index contributed by atoms with van der Waals surface area (Å²) in [5, 5.41) is 22.8. The second-order valence-corrected chi connectivity index (χ2v) is 3.40. The second-order valence-electron chi connectivity index (χ2n) is 3.40. The van der Waals surface area contributed by atoms with Crippen LogP contribution in [-0.4, -0.2) is 29.5 Å². The molecule has 2 atom stereocenters. The van der Waals surface area contributed by atoms with E-state index in [9.17, 15) is 10.2 Å². The maximum absolute atomic E-state index is 9.91. The molecule has 0 aliphatic rings. The van der Waals surface area contributed by atoms with Gasteiger partial charge < -0.3 is 14.9 Å². The third-order valence-electron chi connectivity index (χ3n) is 2.23. The number of aliphatic hydroxyl groups is 2. The molecule has 2 N–H and O–H groups in total. The SMILES string of the molecule is CCOc1ccccc1C(O)C(O)CN=[N+]=[N-]. The highest BCUT2D eigenvalue weighted by atomic mass is 16.5. The van der Waals surface area contributed by atoms with Gasteiger partial charge in [-0.25, -0.2) is 0 Å². The number of benzene rings is 1. The van der Waals surface area contributed by atoms with Crippen molar-refractivity contribution in [3.8, 4) is 5.75 Å². The molecule has 0 saturated heterocycles. The first-order chi connectivity index (χ1) is 8.20. The Labute approximate surface area is 99.1 Å². The molecule has 0 saturated carbocycles. The van der Waals surface area contributed by atoms with Crippen LogP contribution in [0.5, 0.6) is 5.75 Å². The second kappa shape index (κ2) is 6.75. The van der Waals surface area contributed by atoms with E-state index in [2.05, 4.69) is 10.0 Å². The minimum Gasteiger partial charge on any atom is -0.493 e. The van der Waals surface area contributed by atoms with Crippen LogP contribution in [0.25, 0.3) is 10.4 Å². The molecule has 1 rings (SSSR count). The minimum atomic E-state index is -1.15. The van der Waals surface area contributed by atoms with Gasteiger partial charge in [-0.3, -0.25) is 0 Å². The van der Waals surface area contributed by atoms with Crippen LogP contribution >= 0.6 is 0 Å². The van der Waals surface area contributed by atoms with Gasteiger partial charge in [0.1, 0.15) is 11.9 Å². The standard InChI is InChI=1S/C11H15N3O3/c1-2-17-10-6-4-3-5-8(10)11(16)9(15)7-13-14-12/h3-6,9,11,15-16H,2,7H2,1H3. The maximum atomic E-state index is 9.91. The van der Waals surface area contributed by atoms with E-state index >= 15 is 0 Å². The summed E-state index contributed by atoms with van der Waals surface area (Å²) in [6.45, 7) is 2.12. The first-order valence-corrected chi connectivity index (χ1v) is 5.29. The van der Waals surface area contributed by atoms with Crippen molar-refractivity contribution >= 4 is 0 Å². The summed E-state index contributed by atoms with van der Waals surface area (Å²) in [6, 6.07) is 6.89. The Morgan fingerprint density at radius 1 is 1.41 bits per heavy atom. The molecule has 0 spiro atoms. The highest BCUT2D eigenvalue weighted by molar-refractivity contribution is 5.35. The van der Waals surface area contributed by atoms with Crippen molar-refractivity contribution in [3.05, 3.63) is 40.3 Å². The summed E-state index contributed by atoms with van der Waals surface area (Å²) in [5.41, 5.74) is 8.63. The number of aliphatic hydroxyl groups excluding tert-OH is 2. The number of hydrogen-bond donors (Lipinski definition) is 2. The molecular formula is C11H15N3O3. The third-order valence-corrected chi connectivity index (χ3v) is 2.23. The average Bonchev–Trinajstić information content (AvgIpc) is 2.36. The quantitative estimate of drug-likeness (QED) is 0.448. The zero-order valence-electron chi connectivity index (χ0n) is 9.52. The first kappa shape index (κ1) is 13.3. The molecule has 0 aliphatic heterocycles. The van der Waals surface area contributed by atoms with E-state index in [-0.39, 0.29) is 6.54 Å². The van der Waals surface area contributed by atoms with Crippen molar-refractivity contribution in [1.29, 1.82) is 0 Å². The van der Waals surface area contributed by atoms with Crippen LogP contribution in [0.1, 0.15) is 18.6 Å². The number of para-hydroxylation sites is 1. The Balaban J connectivity index is 2.86. The van der Waals surface area contributed by atoms with Crippen LogP contribution in [0.4, 0.5) is 0 Å². The predicted octanol–water partition coefficient (Wildman–Crippen LogP) is 1.79. The zero-order chi connectivity index (χ0) is 12.7. The van der Waals surface area contributed by atoms with Gasteiger partial charge in [-0.1, -0.05) is 23.3 Å². The van der Waals surface area contributed by atoms with E-state index in [1.54, 1.807) is 24.3 Å². The van der Waals surface area contributed by atoms with Gasteiger partial charge in [-0.2, -0.15) is 0 Å². The maximum Gasteiger partial charge on any atom is 0.125 e. The summed E-state index contributed by atoms with van der Waals surface area (Å²) >= 11 is 0. The molecule has 0 aromatic heterocycles. The van der Waals surface area contributed by atoms with Crippen LogP contribution in [0.3, 0.4) is 0 Å². The topological polar surface area (TPSA) is 98.5 Å². The third kappa shape index (κ3) is 3.64. The molecule has 0 bridgehead atoms. The van der Waals surface area contributed by atoms with E-state index in [4.69, 9.17) is 10.3 Å². The van der Waals surface area contributed by atoms with Crippen molar-refractivity contribution in [1.82, 2.24) is 0 Å². The van der Waals surface area contributed by atoms with Gasteiger partial charge in [-0.15, -0.1) is 0 Å². The Bertz CT molecular complexity index is 405. The molecule has 0 amide bonds. The fourth-order valence-corrected chi connectivity index (χ4v) is 1.44. The average molecular weight is 237 g/mol. The largest absolute Gasteiger partial charge is 0.493 e. The molecule has 6 nitrogen and oxygen atoms in total. The highest BCUT2D eigenvalue weighted by Gasteiger charge is 2.20. The van der Waals surface area contributed by atoms with Crippen molar-refractivity contribution in [2.45, 2.75) is 19.1 Å². The van der Waals surface area contributed by atoms with Gasteiger partial charge in [-0.05, 0) is 18.5 Å². The first-order valence-electron chi connectivity index (χ1n) is 5.29. The van der Waals surface area contributed by atoms with Gasteiger partial charge in [0.15, 0.2) is 0 Å². The summed E-state index contributed by atoms with van der Waals surface area (Å²) in [7, 11) is 0. The molecule has 0 fully saturated rings. The van der Waals surface area contributed by atoms with Gasteiger partial charge in [0.25, 0.3) is 0 Å². The molecule has 1 aromatic carbocycles. The monoisotopic (exact) mass is 237 g/mol. The molecule has 92 valence electrons. The Morgan fingerprint density at radius 2 is 2.12 bits per heavy atom. The van der Waals surface area contributed by atoms with E-state index in [1.165, 1.54) is 0 Å². The fourth-order valence-electron chi connectivity index (χ4n) is 1.44. The lowest BCUT2D eigenvalue weighted by molar-refractivity contribution is 0.0227. The van der Waals surface area contributed by atoms with Gasteiger partial charge in [0.05, 0.1) is 19.3 Å². The number of azide groups is 1. The van der Waals surface area contributed by atoms with E-state index < -0.39 is 12.2 Å². The molecule has 1 aromatic rings. The van der Waals surface area contributed by atoms with Crippen LogP contribution in [0, 0.1) is 0 Å². The summed E-state index contributed by atoms with van der Waals surface area (Å²) in [6.07, 6.45) is -2.28. The number of hydrogen-bond acceptors (Lipinski definition) is 4. The summed E-state index contributed by atoms with van der Waals surface area (Å²) in [5.74, 6) is 0.516. The highest BCUT2D eigenvalue weighted by Crippen LogP contribution is 2.27. The molecular weight excluding hydrogens is 222 g/mol. The van der Waals surface area contributed by atoms with E-state index in [0.717, 1.165) is 0 Å². The molecule has 0 radical (unpaired) electrons. The van der Waals surface area contributed by atoms with Crippen LogP contribution in [-0.2, 0) is 0 Å². The lowest BCUT2D eigenvalue weighted by Crippen LogP contribution is -2.21. The van der Waals surface area contributed by atoms with Gasteiger partial charge in [0.2, 0.25) is 0 Å². The van der Waals surface area contributed by atoms with Crippen molar-refractivity contribution in [2.24, 2.45) is 5.11 Å². The Hall–Kier alpha value is -1.75. The van der Waals surface area contributed by atoms with Gasteiger partial charge >= 0.3 is 0 Å². The fraction of sp³-hybridized carbons (Fsp3) is 0.455. The molecule has 0 aliphatic carbocycles. The van der Waals surface area contributed by atoms with Crippen molar-refractivity contribution < 1.29 is 14.9 Å². The molecule has 6 heteroatoms. The lowest BCUT2D eigenvalue weighted by atomic mass is 10.0. The Kier molecular flexibility index (Phi) is 5.29.